The minimum absolute atomic E-state index is 0.0339. The number of fused-ring (bicyclic) bond motifs is 1. The Labute approximate surface area is 126 Å². The van der Waals surface area contributed by atoms with Gasteiger partial charge in [-0.15, -0.1) is 11.3 Å². The number of pyridine rings is 1. The van der Waals surface area contributed by atoms with E-state index in [-0.39, 0.29) is 11.8 Å². The number of nitrogens with zero attached hydrogens (tertiary/aromatic N) is 2. The molecule has 0 spiro atoms. The van der Waals surface area contributed by atoms with E-state index in [2.05, 4.69) is 10.3 Å². The molecule has 0 radical (unpaired) electrons. The van der Waals surface area contributed by atoms with Gasteiger partial charge in [0, 0.05) is 26.3 Å². The van der Waals surface area contributed by atoms with E-state index >= 15 is 0 Å². The fourth-order valence-corrected chi connectivity index (χ4v) is 3.26. The highest BCUT2D eigenvalue weighted by Gasteiger charge is 2.33. The number of aromatic nitrogens is 1. The summed E-state index contributed by atoms with van der Waals surface area (Å²) in [6, 6.07) is 7.42. The second-order valence-electron chi connectivity index (χ2n) is 4.88. The monoisotopic (exact) mass is 301 g/mol. The zero-order valence-corrected chi connectivity index (χ0v) is 12.4. The molecule has 108 valence electrons. The van der Waals surface area contributed by atoms with Crippen LogP contribution in [0.2, 0.25) is 0 Å². The van der Waals surface area contributed by atoms with Crippen LogP contribution in [-0.4, -0.2) is 35.3 Å². The van der Waals surface area contributed by atoms with E-state index in [1.807, 2.05) is 23.6 Å². The fourth-order valence-electron chi connectivity index (χ4n) is 2.57. The van der Waals surface area contributed by atoms with Crippen molar-refractivity contribution >= 4 is 23.2 Å². The minimum atomic E-state index is -0.413. The summed E-state index contributed by atoms with van der Waals surface area (Å²) in [6.45, 7) is 0.855. The van der Waals surface area contributed by atoms with E-state index in [9.17, 15) is 9.59 Å². The third kappa shape index (κ3) is 2.54. The average molecular weight is 301 g/mol. The van der Waals surface area contributed by atoms with Gasteiger partial charge in [0.1, 0.15) is 0 Å². The first-order valence-corrected chi connectivity index (χ1v) is 7.57. The van der Waals surface area contributed by atoms with Gasteiger partial charge < -0.3 is 10.2 Å². The molecule has 1 aliphatic heterocycles. The average Bonchev–Trinajstić information content (AvgIpc) is 3.06. The molecule has 1 atom stereocenters. The molecule has 0 aromatic carbocycles. The van der Waals surface area contributed by atoms with Crippen LogP contribution in [0, 0.1) is 0 Å². The minimum Gasteiger partial charge on any atom is -0.359 e. The highest BCUT2D eigenvalue weighted by atomic mass is 32.1. The molecule has 3 heterocycles. The predicted octanol–water partition coefficient (Wildman–Crippen LogP) is 1.63. The van der Waals surface area contributed by atoms with Crippen molar-refractivity contribution in [3.8, 4) is 0 Å². The molecule has 5 nitrogen and oxygen atoms in total. The third-order valence-corrected chi connectivity index (χ3v) is 4.46. The third-order valence-electron chi connectivity index (χ3n) is 3.60. The summed E-state index contributed by atoms with van der Waals surface area (Å²) in [5, 5.41) is 4.53. The predicted molar refractivity (Wildman–Crippen MR) is 80.1 cm³/mol. The Balaban J connectivity index is 1.93. The number of rotatable bonds is 2. The Kier molecular flexibility index (Phi) is 3.70. The van der Waals surface area contributed by atoms with Crippen molar-refractivity contribution in [2.45, 2.75) is 12.5 Å². The van der Waals surface area contributed by atoms with E-state index in [0.717, 1.165) is 11.3 Å². The molecule has 2 aromatic heterocycles. The number of carbonyl (C=O) groups is 2. The van der Waals surface area contributed by atoms with Crippen LogP contribution in [-0.2, 0) is 11.3 Å². The Bertz CT molecular complexity index is 669. The van der Waals surface area contributed by atoms with Crippen LogP contribution in [0.5, 0.6) is 0 Å². The molecule has 2 aromatic rings. The molecule has 0 aliphatic carbocycles. The van der Waals surface area contributed by atoms with E-state index in [4.69, 9.17) is 0 Å². The van der Waals surface area contributed by atoms with Crippen LogP contribution in [0.4, 0.5) is 0 Å². The molecule has 0 saturated carbocycles. The largest absolute Gasteiger partial charge is 0.359 e. The lowest BCUT2D eigenvalue weighted by Crippen LogP contribution is -2.43. The van der Waals surface area contributed by atoms with Gasteiger partial charge in [0.15, 0.2) is 0 Å². The van der Waals surface area contributed by atoms with E-state index in [1.165, 1.54) is 11.3 Å². The number of hydrogen-bond acceptors (Lipinski definition) is 4. The molecule has 3 rings (SSSR count). The van der Waals surface area contributed by atoms with Crippen LogP contribution >= 0.6 is 11.3 Å². The number of likely N-dealkylation sites (N-methyl/N-ethyl adjacent to an activating group) is 1. The van der Waals surface area contributed by atoms with Gasteiger partial charge in [0.2, 0.25) is 5.91 Å². The van der Waals surface area contributed by atoms with Gasteiger partial charge in [-0.3, -0.25) is 14.6 Å². The summed E-state index contributed by atoms with van der Waals surface area (Å²) in [4.78, 5) is 31.3. The first kappa shape index (κ1) is 13.8. The van der Waals surface area contributed by atoms with Crippen LogP contribution in [0.1, 0.15) is 26.8 Å². The van der Waals surface area contributed by atoms with E-state index in [0.29, 0.717) is 18.0 Å². The number of amides is 2. The van der Waals surface area contributed by atoms with Gasteiger partial charge >= 0.3 is 0 Å². The molecule has 21 heavy (non-hydrogen) atoms. The lowest BCUT2D eigenvalue weighted by atomic mass is 9.94. The van der Waals surface area contributed by atoms with Crippen molar-refractivity contribution in [1.29, 1.82) is 0 Å². The van der Waals surface area contributed by atoms with Gasteiger partial charge in [-0.1, -0.05) is 12.1 Å². The zero-order chi connectivity index (χ0) is 14.8. The van der Waals surface area contributed by atoms with Crippen molar-refractivity contribution in [3.05, 3.63) is 52.0 Å². The number of nitrogens with one attached hydrogen (secondary N) is 1. The van der Waals surface area contributed by atoms with Crippen molar-refractivity contribution in [2.75, 3.05) is 13.6 Å². The zero-order valence-electron chi connectivity index (χ0n) is 11.6. The second-order valence-corrected chi connectivity index (χ2v) is 5.83. The summed E-state index contributed by atoms with van der Waals surface area (Å²) >= 11 is 1.41. The molecule has 2 amide bonds. The number of carbonyl (C=O) groups excluding carboxylic acids is 2. The Morgan fingerprint density at radius 1 is 1.38 bits per heavy atom. The van der Waals surface area contributed by atoms with Gasteiger partial charge in [-0.25, -0.2) is 0 Å². The normalized spacial score (nSPS) is 17.2. The summed E-state index contributed by atoms with van der Waals surface area (Å²) < 4.78 is 0. The Hall–Kier alpha value is -2.21. The van der Waals surface area contributed by atoms with E-state index in [1.54, 1.807) is 24.2 Å². The number of thiophene rings is 1. The van der Waals surface area contributed by atoms with E-state index < -0.39 is 5.92 Å². The van der Waals surface area contributed by atoms with Gasteiger partial charge in [0.25, 0.3) is 5.91 Å². The summed E-state index contributed by atoms with van der Waals surface area (Å²) in [6.07, 6.45) is 1.69. The SMILES string of the molecule is CNC(=O)C1CN(C(=O)c2cccs2)Cc2cccnc21. The van der Waals surface area contributed by atoms with Crippen LogP contribution in [0.15, 0.2) is 35.8 Å². The molecular weight excluding hydrogens is 286 g/mol. The van der Waals surface area contributed by atoms with Gasteiger partial charge in [0.05, 0.1) is 16.5 Å². The summed E-state index contributed by atoms with van der Waals surface area (Å²) in [7, 11) is 1.60. The lowest BCUT2D eigenvalue weighted by molar-refractivity contribution is -0.122. The molecule has 0 saturated heterocycles. The smallest absolute Gasteiger partial charge is 0.264 e. The molecule has 1 aliphatic rings. The molecule has 0 fully saturated rings. The fraction of sp³-hybridized carbons (Fsp3) is 0.267. The van der Waals surface area contributed by atoms with Crippen molar-refractivity contribution in [1.82, 2.24) is 15.2 Å². The molecular formula is C15H15N3O2S. The van der Waals surface area contributed by atoms with Crippen LogP contribution < -0.4 is 5.32 Å². The van der Waals surface area contributed by atoms with Crippen molar-refractivity contribution in [2.24, 2.45) is 0 Å². The first-order chi connectivity index (χ1) is 10.2. The first-order valence-electron chi connectivity index (χ1n) is 6.69. The van der Waals surface area contributed by atoms with Crippen molar-refractivity contribution < 1.29 is 9.59 Å². The Morgan fingerprint density at radius 3 is 2.95 bits per heavy atom. The standard InChI is InChI=1S/C15H15N3O2S/c1-16-14(19)11-9-18(15(20)12-5-3-7-21-12)8-10-4-2-6-17-13(10)11/h2-7,11H,8-9H2,1H3,(H,16,19). The topological polar surface area (TPSA) is 62.3 Å². The maximum Gasteiger partial charge on any atom is 0.264 e. The molecule has 1 unspecified atom stereocenters. The van der Waals surface area contributed by atoms with Gasteiger partial charge in [-0.05, 0) is 23.1 Å². The lowest BCUT2D eigenvalue weighted by Gasteiger charge is -2.32. The van der Waals surface area contributed by atoms with Gasteiger partial charge in [-0.2, -0.15) is 0 Å². The summed E-state index contributed by atoms with van der Waals surface area (Å²) in [5.74, 6) is -0.559. The summed E-state index contributed by atoms with van der Waals surface area (Å²) in [5.41, 5.74) is 1.70. The maximum absolute atomic E-state index is 12.5. The molecule has 1 N–H and O–H groups in total. The molecule has 0 bridgehead atoms. The highest BCUT2D eigenvalue weighted by molar-refractivity contribution is 7.12. The maximum atomic E-state index is 12.5. The van der Waals surface area contributed by atoms with Crippen LogP contribution in [0.25, 0.3) is 0 Å². The second kappa shape index (κ2) is 5.65. The quantitative estimate of drug-likeness (QED) is 0.917. The highest BCUT2D eigenvalue weighted by Crippen LogP contribution is 2.28. The Morgan fingerprint density at radius 2 is 2.24 bits per heavy atom. The molecule has 6 heteroatoms. The van der Waals surface area contributed by atoms with Crippen molar-refractivity contribution in [3.63, 3.8) is 0 Å². The number of hydrogen-bond donors (Lipinski definition) is 1. The van der Waals surface area contributed by atoms with Crippen LogP contribution in [0.3, 0.4) is 0 Å².